The van der Waals surface area contributed by atoms with E-state index in [0.29, 0.717) is 12.1 Å². The standard InChI is InChI=1S/C19H38N2O/c1-16(2)21-14-13-20(17(3)15-21)12-6-5-7-18-8-10-19(22-4)11-9-18/h16-19H,5-15H2,1-4H3/t17-,18-,19-/m0/s1. The zero-order chi connectivity index (χ0) is 15.9. The van der Waals surface area contributed by atoms with Gasteiger partial charge in [-0.15, -0.1) is 0 Å². The quantitative estimate of drug-likeness (QED) is 0.666. The van der Waals surface area contributed by atoms with Crippen LogP contribution in [0.1, 0.15) is 65.7 Å². The molecule has 1 heterocycles. The van der Waals surface area contributed by atoms with Crippen molar-refractivity contribution in [3.05, 3.63) is 0 Å². The predicted molar refractivity (Wildman–Crippen MR) is 94.4 cm³/mol. The van der Waals surface area contributed by atoms with Crippen LogP contribution in [0.2, 0.25) is 0 Å². The number of methoxy groups -OCH3 is 1. The molecule has 1 aliphatic carbocycles. The highest BCUT2D eigenvalue weighted by atomic mass is 16.5. The van der Waals surface area contributed by atoms with Gasteiger partial charge in [-0.1, -0.05) is 12.8 Å². The Hall–Kier alpha value is -0.120. The van der Waals surface area contributed by atoms with Crippen LogP contribution < -0.4 is 0 Å². The molecule has 0 aromatic heterocycles. The molecule has 2 aliphatic rings. The fourth-order valence-corrected chi connectivity index (χ4v) is 4.23. The summed E-state index contributed by atoms with van der Waals surface area (Å²) in [5.74, 6) is 0.974. The molecule has 2 fully saturated rings. The first-order valence-electron chi connectivity index (χ1n) is 9.61. The van der Waals surface area contributed by atoms with Crippen LogP contribution in [0.25, 0.3) is 0 Å². The van der Waals surface area contributed by atoms with E-state index in [1.165, 1.54) is 71.1 Å². The highest BCUT2D eigenvalue weighted by molar-refractivity contribution is 4.81. The molecule has 3 nitrogen and oxygen atoms in total. The zero-order valence-corrected chi connectivity index (χ0v) is 15.4. The van der Waals surface area contributed by atoms with Crippen molar-refractivity contribution in [3.63, 3.8) is 0 Å². The van der Waals surface area contributed by atoms with Gasteiger partial charge >= 0.3 is 0 Å². The van der Waals surface area contributed by atoms with Gasteiger partial charge in [-0.05, 0) is 65.3 Å². The first kappa shape index (κ1) is 18.2. The Kier molecular flexibility index (Phi) is 7.66. The monoisotopic (exact) mass is 310 g/mol. The van der Waals surface area contributed by atoms with Crippen molar-refractivity contribution in [2.45, 2.75) is 83.9 Å². The Morgan fingerprint density at radius 1 is 1.05 bits per heavy atom. The molecule has 0 spiro atoms. The average molecular weight is 311 g/mol. The third-order valence-corrected chi connectivity index (χ3v) is 5.96. The molecule has 22 heavy (non-hydrogen) atoms. The molecule has 0 unspecified atom stereocenters. The average Bonchev–Trinajstić information content (AvgIpc) is 2.53. The van der Waals surface area contributed by atoms with E-state index >= 15 is 0 Å². The molecule has 0 amide bonds. The van der Waals surface area contributed by atoms with Crippen LogP contribution in [0.4, 0.5) is 0 Å². The van der Waals surface area contributed by atoms with E-state index in [1.54, 1.807) is 0 Å². The summed E-state index contributed by atoms with van der Waals surface area (Å²) in [5.41, 5.74) is 0. The first-order chi connectivity index (χ1) is 10.6. The summed E-state index contributed by atoms with van der Waals surface area (Å²) in [7, 11) is 1.87. The number of nitrogens with zero attached hydrogens (tertiary/aromatic N) is 2. The minimum absolute atomic E-state index is 0.550. The van der Waals surface area contributed by atoms with Gasteiger partial charge in [0, 0.05) is 38.8 Å². The van der Waals surface area contributed by atoms with Crippen LogP contribution in [0, 0.1) is 5.92 Å². The molecular formula is C19H38N2O. The van der Waals surface area contributed by atoms with Crippen LogP contribution in [-0.2, 0) is 4.74 Å². The fraction of sp³-hybridized carbons (Fsp3) is 1.00. The van der Waals surface area contributed by atoms with Gasteiger partial charge in [-0.2, -0.15) is 0 Å². The minimum atomic E-state index is 0.550. The second kappa shape index (κ2) is 9.24. The number of rotatable bonds is 7. The second-order valence-corrected chi connectivity index (χ2v) is 7.85. The van der Waals surface area contributed by atoms with Gasteiger partial charge in [-0.3, -0.25) is 9.80 Å². The van der Waals surface area contributed by atoms with Crippen molar-refractivity contribution >= 4 is 0 Å². The Morgan fingerprint density at radius 2 is 1.77 bits per heavy atom. The molecule has 1 saturated heterocycles. The van der Waals surface area contributed by atoms with Gasteiger partial charge < -0.3 is 4.74 Å². The summed E-state index contributed by atoms with van der Waals surface area (Å²) >= 11 is 0. The van der Waals surface area contributed by atoms with Crippen LogP contribution in [0.15, 0.2) is 0 Å². The molecule has 3 heteroatoms. The molecule has 0 bridgehead atoms. The lowest BCUT2D eigenvalue weighted by atomic mass is 9.84. The molecule has 130 valence electrons. The maximum absolute atomic E-state index is 5.47. The number of hydrogen-bond donors (Lipinski definition) is 0. The van der Waals surface area contributed by atoms with Crippen LogP contribution in [0.3, 0.4) is 0 Å². The lowest BCUT2D eigenvalue weighted by Gasteiger charge is -2.41. The Labute approximate surface area is 138 Å². The van der Waals surface area contributed by atoms with Gasteiger partial charge in [0.2, 0.25) is 0 Å². The van der Waals surface area contributed by atoms with E-state index in [1.807, 2.05) is 7.11 Å². The Bertz CT molecular complexity index is 300. The Balaban J connectivity index is 1.56. The van der Waals surface area contributed by atoms with Crippen molar-refractivity contribution in [2.24, 2.45) is 5.92 Å². The highest BCUT2D eigenvalue weighted by Crippen LogP contribution is 2.29. The summed E-state index contributed by atoms with van der Waals surface area (Å²) in [6.07, 6.45) is 10.1. The lowest BCUT2D eigenvalue weighted by molar-refractivity contribution is 0.0532. The third-order valence-electron chi connectivity index (χ3n) is 5.96. The van der Waals surface area contributed by atoms with E-state index in [-0.39, 0.29) is 0 Å². The topological polar surface area (TPSA) is 15.7 Å². The van der Waals surface area contributed by atoms with Crippen LogP contribution in [0.5, 0.6) is 0 Å². The van der Waals surface area contributed by atoms with Crippen molar-refractivity contribution < 1.29 is 4.74 Å². The van der Waals surface area contributed by atoms with E-state index in [0.717, 1.165) is 12.0 Å². The molecule has 1 saturated carbocycles. The highest BCUT2D eigenvalue weighted by Gasteiger charge is 2.25. The minimum Gasteiger partial charge on any atom is -0.381 e. The van der Waals surface area contributed by atoms with Gasteiger partial charge in [0.25, 0.3) is 0 Å². The van der Waals surface area contributed by atoms with E-state index in [4.69, 9.17) is 4.74 Å². The summed E-state index contributed by atoms with van der Waals surface area (Å²) in [6, 6.07) is 1.43. The number of ether oxygens (including phenoxy) is 1. The summed E-state index contributed by atoms with van der Waals surface area (Å²) in [6.45, 7) is 12.1. The smallest absolute Gasteiger partial charge is 0.0571 e. The zero-order valence-electron chi connectivity index (χ0n) is 15.4. The number of hydrogen-bond acceptors (Lipinski definition) is 3. The van der Waals surface area contributed by atoms with Crippen molar-refractivity contribution in [1.82, 2.24) is 9.80 Å². The van der Waals surface area contributed by atoms with Gasteiger partial charge in [0.15, 0.2) is 0 Å². The maximum atomic E-state index is 5.47. The summed E-state index contributed by atoms with van der Waals surface area (Å²) in [5, 5.41) is 0. The molecular weight excluding hydrogens is 272 g/mol. The molecule has 2 rings (SSSR count). The SMILES string of the molecule is CO[C@H]1CC[C@H](CCCCN2CCN(C(C)C)C[C@@H]2C)CC1. The van der Waals surface area contributed by atoms with Gasteiger partial charge in [-0.25, -0.2) is 0 Å². The molecule has 0 aromatic carbocycles. The second-order valence-electron chi connectivity index (χ2n) is 7.85. The number of unbranched alkanes of at least 4 members (excludes halogenated alkanes) is 1. The van der Waals surface area contributed by atoms with Crippen molar-refractivity contribution in [3.8, 4) is 0 Å². The summed E-state index contributed by atoms with van der Waals surface area (Å²) in [4.78, 5) is 5.33. The van der Waals surface area contributed by atoms with Gasteiger partial charge in [0.1, 0.15) is 0 Å². The van der Waals surface area contributed by atoms with Crippen molar-refractivity contribution in [1.29, 1.82) is 0 Å². The van der Waals surface area contributed by atoms with E-state index in [2.05, 4.69) is 30.6 Å². The third kappa shape index (κ3) is 5.50. The molecule has 0 N–H and O–H groups in total. The van der Waals surface area contributed by atoms with Crippen molar-refractivity contribution in [2.75, 3.05) is 33.3 Å². The maximum Gasteiger partial charge on any atom is 0.0571 e. The van der Waals surface area contributed by atoms with Crippen LogP contribution >= 0.6 is 0 Å². The van der Waals surface area contributed by atoms with Gasteiger partial charge in [0.05, 0.1) is 6.10 Å². The fourth-order valence-electron chi connectivity index (χ4n) is 4.23. The molecule has 1 atom stereocenters. The summed E-state index contributed by atoms with van der Waals surface area (Å²) < 4.78 is 5.47. The normalized spacial score (nSPS) is 31.8. The molecule has 0 radical (unpaired) electrons. The van der Waals surface area contributed by atoms with Crippen LogP contribution in [-0.4, -0.2) is 61.3 Å². The molecule has 1 aliphatic heterocycles. The lowest BCUT2D eigenvalue weighted by Crippen LogP contribution is -2.53. The first-order valence-corrected chi connectivity index (χ1v) is 9.61. The largest absolute Gasteiger partial charge is 0.381 e. The van der Waals surface area contributed by atoms with E-state index < -0.39 is 0 Å². The van der Waals surface area contributed by atoms with E-state index in [9.17, 15) is 0 Å². The molecule has 0 aromatic rings. The predicted octanol–water partition coefficient (Wildman–Crippen LogP) is 3.78. The number of piperazine rings is 1. The Morgan fingerprint density at radius 3 is 2.36 bits per heavy atom.